The van der Waals surface area contributed by atoms with Crippen molar-refractivity contribution >= 4 is 5.96 Å². The summed E-state index contributed by atoms with van der Waals surface area (Å²) in [5.41, 5.74) is 0. The van der Waals surface area contributed by atoms with Crippen molar-refractivity contribution in [1.82, 2.24) is 15.1 Å². The van der Waals surface area contributed by atoms with Crippen LogP contribution in [0.25, 0.3) is 0 Å². The molecule has 1 saturated heterocycles. The number of hydrogen-bond donors (Lipinski definition) is 1. The van der Waals surface area contributed by atoms with Gasteiger partial charge in [-0.15, -0.1) is 0 Å². The third kappa shape index (κ3) is 4.85. The number of ether oxygens (including phenoxy) is 1. The van der Waals surface area contributed by atoms with E-state index in [1.807, 2.05) is 7.05 Å². The Morgan fingerprint density at radius 3 is 2.43 bits per heavy atom. The zero-order chi connectivity index (χ0) is 15.2. The van der Waals surface area contributed by atoms with Crippen LogP contribution < -0.4 is 5.32 Å². The van der Waals surface area contributed by atoms with E-state index in [0.717, 1.165) is 51.0 Å². The molecule has 1 heterocycles. The Labute approximate surface area is 129 Å². The van der Waals surface area contributed by atoms with E-state index < -0.39 is 0 Å². The lowest BCUT2D eigenvalue weighted by Crippen LogP contribution is -2.50. The largest absolute Gasteiger partial charge is 0.378 e. The molecule has 0 aromatic carbocycles. The van der Waals surface area contributed by atoms with E-state index in [2.05, 4.69) is 41.1 Å². The van der Waals surface area contributed by atoms with Crippen LogP contribution >= 0.6 is 0 Å². The monoisotopic (exact) mass is 296 g/mol. The summed E-state index contributed by atoms with van der Waals surface area (Å²) in [5.74, 6) is 1.92. The van der Waals surface area contributed by atoms with Gasteiger partial charge in [-0.1, -0.05) is 0 Å². The quantitative estimate of drug-likeness (QED) is 0.594. The summed E-state index contributed by atoms with van der Waals surface area (Å²) in [6, 6.07) is 0.628. The van der Waals surface area contributed by atoms with E-state index in [4.69, 9.17) is 4.74 Å². The van der Waals surface area contributed by atoms with Gasteiger partial charge in [-0.3, -0.25) is 4.99 Å². The molecule has 1 saturated carbocycles. The van der Waals surface area contributed by atoms with Crippen molar-refractivity contribution < 1.29 is 4.74 Å². The lowest BCUT2D eigenvalue weighted by Gasteiger charge is -2.35. The maximum atomic E-state index is 5.72. The molecule has 0 aromatic heterocycles. The van der Waals surface area contributed by atoms with Crippen molar-refractivity contribution in [2.24, 2.45) is 10.9 Å². The fourth-order valence-electron chi connectivity index (χ4n) is 3.25. The number of hydrogen-bond acceptors (Lipinski definition) is 3. The molecule has 5 heteroatoms. The molecule has 2 rings (SSSR count). The standard InChI is InChI=1S/C16H32N4O/c1-5-21-14-8-10-20(11-9-14)16(17-2)18-12-15(19(3)4)13-6-7-13/h13-15H,5-12H2,1-4H3,(H,17,18). The van der Waals surface area contributed by atoms with Gasteiger partial charge in [0.1, 0.15) is 0 Å². The molecule has 0 amide bonds. The molecule has 2 aliphatic rings. The first-order valence-corrected chi connectivity index (χ1v) is 8.39. The molecule has 2 fully saturated rings. The number of likely N-dealkylation sites (tertiary alicyclic amines) is 1. The van der Waals surface area contributed by atoms with Gasteiger partial charge in [0.05, 0.1) is 6.10 Å². The van der Waals surface area contributed by atoms with Crippen LogP contribution in [-0.4, -0.2) is 75.3 Å². The van der Waals surface area contributed by atoms with Gasteiger partial charge in [0.25, 0.3) is 0 Å². The Balaban J connectivity index is 1.78. The molecular formula is C16H32N4O. The summed E-state index contributed by atoms with van der Waals surface area (Å²) in [7, 11) is 6.25. The van der Waals surface area contributed by atoms with Gasteiger partial charge in [-0.2, -0.15) is 0 Å². The SMILES string of the molecule is CCOC1CCN(C(=NC)NCC(C2CC2)N(C)C)CC1. The van der Waals surface area contributed by atoms with Gasteiger partial charge in [0.15, 0.2) is 5.96 Å². The van der Waals surface area contributed by atoms with Crippen molar-refractivity contribution in [3.05, 3.63) is 0 Å². The Kier molecular flexibility index (Phi) is 6.30. The predicted molar refractivity (Wildman–Crippen MR) is 87.8 cm³/mol. The number of piperidine rings is 1. The average molecular weight is 296 g/mol. The highest BCUT2D eigenvalue weighted by molar-refractivity contribution is 5.80. The number of aliphatic imine (C=N–C) groups is 1. The Bertz CT molecular complexity index is 331. The molecule has 0 spiro atoms. The van der Waals surface area contributed by atoms with Crippen LogP contribution in [0.15, 0.2) is 4.99 Å². The van der Waals surface area contributed by atoms with Crippen molar-refractivity contribution in [1.29, 1.82) is 0 Å². The summed E-state index contributed by atoms with van der Waals surface area (Å²) in [6.07, 6.45) is 5.40. The first-order valence-electron chi connectivity index (χ1n) is 8.39. The Hall–Kier alpha value is -0.810. The van der Waals surface area contributed by atoms with E-state index in [9.17, 15) is 0 Å². The molecule has 1 atom stereocenters. The van der Waals surface area contributed by atoms with Gasteiger partial charge >= 0.3 is 0 Å². The van der Waals surface area contributed by atoms with Crippen LogP contribution in [0.5, 0.6) is 0 Å². The van der Waals surface area contributed by atoms with Crippen molar-refractivity contribution in [3.63, 3.8) is 0 Å². The second-order valence-electron chi connectivity index (χ2n) is 6.44. The minimum absolute atomic E-state index is 0.436. The highest BCUT2D eigenvalue weighted by Crippen LogP contribution is 2.34. The zero-order valence-electron chi connectivity index (χ0n) is 14.1. The third-order valence-corrected chi connectivity index (χ3v) is 4.65. The number of nitrogens with one attached hydrogen (secondary N) is 1. The molecular weight excluding hydrogens is 264 g/mol. The van der Waals surface area contributed by atoms with Gasteiger partial charge in [-0.05, 0) is 52.6 Å². The molecule has 0 radical (unpaired) electrons. The first-order chi connectivity index (χ1) is 10.2. The maximum absolute atomic E-state index is 5.72. The fraction of sp³-hybridized carbons (Fsp3) is 0.938. The fourth-order valence-corrected chi connectivity index (χ4v) is 3.25. The lowest BCUT2D eigenvalue weighted by molar-refractivity contribution is 0.0263. The minimum atomic E-state index is 0.436. The van der Waals surface area contributed by atoms with E-state index in [0.29, 0.717) is 12.1 Å². The van der Waals surface area contributed by atoms with E-state index >= 15 is 0 Å². The van der Waals surface area contributed by atoms with E-state index in [1.54, 1.807) is 0 Å². The molecule has 1 aliphatic heterocycles. The summed E-state index contributed by atoms with van der Waals surface area (Å²) in [6.45, 7) is 5.98. The lowest BCUT2D eigenvalue weighted by atomic mass is 10.1. The van der Waals surface area contributed by atoms with Crippen LogP contribution in [-0.2, 0) is 4.74 Å². The second kappa shape index (κ2) is 7.99. The van der Waals surface area contributed by atoms with Crippen LogP contribution in [0.2, 0.25) is 0 Å². The van der Waals surface area contributed by atoms with Crippen molar-refractivity contribution in [2.75, 3.05) is 47.4 Å². The van der Waals surface area contributed by atoms with Crippen LogP contribution in [0.3, 0.4) is 0 Å². The van der Waals surface area contributed by atoms with Gasteiger partial charge < -0.3 is 19.9 Å². The number of likely N-dealkylation sites (N-methyl/N-ethyl adjacent to an activating group) is 1. The highest BCUT2D eigenvalue weighted by Gasteiger charge is 2.33. The summed E-state index contributed by atoms with van der Waals surface area (Å²) < 4.78 is 5.72. The molecule has 1 unspecified atom stereocenters. The maximum Gasteiger partial charge on any atom is 0.193 e. The number of guanidine groups is 1. The minimum Gasteiger partial charge on any atom is -0.378 e. The zero-order valence-corrected chi connectivity index (χ0v) is 14.1. The second-order valence-corrected chi connectivity index (χ2v) is 6.44. The predicted octanol–water partition coefficient (Wildman–Crippen LogP) is 1.40. The molecule has 0 bridgehead atoms. The van der Waals surface area contributed by atoms with Crippen LogP contribution in [0, 0.1) is 5.92 Å². The van der Waals surface area contributed by atoms with Crippen molar-refractivity contribution in [3.8, 4) is 0 Å². The molecule has 21 heavy (non-hydrogen) atoms. The summed E-state index contributed by atoms with van der Waals surface area (Å²) in [4.78, 5) is 9.18. The summed E-state index contributed by atoms with van der Waals surface area (Å²) in [5, 5.41) is 3.58. The highest BCUT2D eigenvalue weighted by atomic mass is 16.5. The van der Waals surface area contributed by atoms with Gasteiger partial charge in [0.2, 0.25) is 0 Å². The molecule has 1 N–H and O–H groups in total. The molecule has 122 valence electrons. The van der Waals surface area contributed by atoms with Gasteiger partial charge in [0, 0.05) is 39.3 Å². The smallest absolute Gasteiger partial charge is 0.193 e. The topological polar surface area (TPSA) is 40.1 Å². The molecule has 0 aromatic rings. The molecule has 5 nitrogen and oxygen atoms in total. The number of nitrogens with zero attached hydrogens (tertiary/aromatic N) is 3. The van der Waals surface area contributed by atoms with Gasteiger partial charge in [-0.25, -0.2) is 0 Å². The Morgan fingerprint density at radius 1 is 1.29 bits per heavy atom. The normalized spacial score (nSPS) is 22.7. The van der Waals surface area contributed by atoms with E-state index in [-0.39, 0.29) is 0 Å². The third-order valence-electron chi connectivity index (χ3n) is 4.65. The summed E-state index contributed by atoms with van der Waals surface area (Å²) >= 11 is 0. The average Bonchev–Trinajstić information content (AvgIpc) is 3.29. The van der Waals surface area contributed by atoms with Crippen LogP contribution in [0.1, 0.15) is 32.6 Å². The van der Waals surface area contributed by atoms with Crippen LogP contribution in [0.4, 0.5) is 0 Å². The Morgan fingerprint density at radius 2 is 1.95 bits per heavy atom. The van der Waals surface area contributed by atoms with E-state index in [1.165, 1.54) is 12.8 Å². The number of rotatable bonds is 6. The first kappa shape index (κ1) is 16.6. The van der Waals surface area contributed by atoms with Crippen molar-refractivity contribution in [2.45, 2.75) is 44.8 Å². The molecule has 1 aliphatic carbocycles.